The molecule has 32 heavy (non-hydrogen) atoms. The van der Waals surface area contributed by atoms with Crippen LogP contribution in [0.2, 0.25) is 15.1 Å². The molecule has 0 radical (unpaired) electrons. The van der Waals surface area contributed by atoms with E-state index in [-0.39, 0.29) is 27.0 Å². The van der Waals surface area contributed by atoms with Gasteiger partial charge in [0.25, 0.3) is 11.6 Å². The van der Waals surface area contributed by atoms with Crippen LogP contribution in [0.5, 0.6) is 0 Å². The predicted molar refractivity (Wildman–Crippen MR) is 126 cm³/mol. The van der Waals surface area contributed by atoms with E-state index in [1.807, 2.05) is 48.7 Å². The molecule has 3 rings (SSSR count). The number of nitrogens with one attached hydrogen (secondary N) is 1. The number of nitriles is 1. The zero-order valence-electron chi connectivity index (χ0n) is 16.8. The fourth-order valence-electron chi connectivity index (χ4n) is 3.22. The maximum Gasteiger partial charge on any atom is 0.272 e. The second-order valence-electron chi connectivity index (χ2n) is 6.81. The van der Waals surface area contributed by atoms with E-state index in [2.05, 4.69) is 5.32 Å². The number of amides is 1. The number of aryl methyl sites for hydroxylation is 1. The Morgan fingerprint density at radius 1 is 1.16 bits per heavy atom. The van der Waals surface area contributed by atoms with E-state index in [1.165, 1.54) is 6.08 Å². The molecule has 1 amide bonds. The number of nitro benzene ring substituents is 1. The van der Waals surface area contributed by atoms with Crippen molar-refractivity contribution in [3.63, 3.8) is 0 Å². The molecule has 0 aliphatic carbocycles. The molecule has 2 aromatic carbocycles. The molecule has 7 nitrogen and oxygen atoms in total. The molecular formula is C22H15Cl3N4O3. The standard InChI is InChI=1S/C22H15Cl3N4O3/c1-12-6-14(13(2)28(12)17-5-3-4-16(23)8-17)7-15(11-26)22(30)27-21-19(24)9-18(29(31)32)10-20(21)25/h3-10H,1-2H3,(H,27,30)/b15-7+. The summed E-state index contributed by atoms with van der Waals surface area (Å²) < 4.78 is 1.95. The molecule has 0 aliphatic rings. The van der Waals surface area contributed by atoms with E-state index < -0.39 is 10.8 Å². The molecule has 162 valence electrons. The zero-order chi connectivity index (χ0) is 23.6. The van der Waals surface area contributed by atoms with Gasteiger partial charge in [0.1, 0.15) is 11.6 Å². The number of hydrogen-bond acceptors (Lipinski definition) is 4. The molecular weight excluding hydrogens is 475 g/mol. The number of halogens is 3. The third-order valence-corrected chi connectivity index (χ3v) is 5.51. The van der Waals surface area contributed by atoms with Crippen molar-refractivity contribution in [1.29, 1.82) is 5.26 Å². The maximum atomic E-state index is 12.7. The lowest BCUT2D eigenvalue weighted by molar-refractivity contribution is -0.384. The van der Waals surface area contributed by atoms with E-state index in [1.54, 1.807) is 6.07 Å². The van der Waals surface area contributed by atoms with Crippen LogP contribution in [0.25, 0.3) is 11.8 Å². The number of non-ortho nitro benzene ring substituents is 1. The maximum absolute atomic E-state index is 12.7. The van der Waals surface area contributed by atoms with Crippen molar-refractivity contribution in [1.82, 2.24) is 4.57 Å². The molecule has 3 aromatic rings. The van der Waals surface area contributed by atoms with Gasteiger partial charge in [-0.2, -0.15) is 5.26 Å². The number of rotatable bonds is 5. The highest BCUT2D eigenvalue weighted by Gasteiger charge is 2.19. The van der Waals surface area contributed by atoms with Gasteiger partial charge in [-0.3, -0.25) is 14.9 Å². The Balaban J connectivity index is 1.95. The summed E-state index contributed by atoms with van der Waals surface area (Å²) in [7, 11) is 0. The van der Waals surface area contributed by atoms with Gasteiger partial charge in [-0.1, -0.05) is 40.9 Å². The fourth-order valence-corrected chi connectivity index (χ4v) is 3.97. The van der Waals surface area contributed by atoms with Crippen molar-refractivity contribution in [2.45, 2.75) is 13.8 Å². The molecule has 0 bridgehead atoms. The largest absolute Gasteiger partial charge is 0.319 e. The van der Waals surface area contributed by atoms with Gasteiger partial charge in [-0.05, 0) is 49.8 Å². The van der Waals surface area contributed by atoms with Crippen molar-refractivity contribution in [2.75, 3.05) is 5.32 Å². The van der Waals surface area contributed by atoms with Crippen LogP contribution in [-0.4, -0.2) is 15.4 Å². The highest BCUT2D eigenvalue weighted by Crippen LogP contribution is 2.35. The molecule has 1 N–H and O–H groups in total. The predicted octanol–water partition coefficient (Wildman–Crippen LogP) is 6.51. The monoisotopic (exact) mass is 488 g/mol. The second kappa shape index (κ2) is 9.45. The summed E-state index contributed by atoms with van der Waals surface area (Å²) in [4.78, 5) is 23.0. The smallest absolute Gasteiger partial charge is 0.272 e. The SMILES string of the molecule is Cc1cc(/C=C(\C#N)C(=O)Nc2c(Cl)cc([N+](=O)[O-])cc2Cl)c(C)n1-c1cccc(Cl)c1. The molecule has 0 unspecified atom stereocenters. The molecule has 0 spiro atoms. The molecule has 1 heterocycles. The van der Waals surface area contributed by atoms with Crippen LogP contribution in [0, 0.1) is 35.3 Å². The van der Waals surface area contributed by atoms with Crippen molar-refractivity contribution < 1.29 is 9.72 Å². The van der Waals surface area contributed by atoms with Gasteiger partial charge in [-0.25, -0.2) is 0 Å². The first-order valence-electron chi connectivity index (χ1n) is 9.14. The summed E-state index contributed by atoms with van der Waals surface area (Å²) in [5.74, 6) is -0.752. The Bertz CT molecular complexity index is 1300. The first kappa shape index (κ1) is 23.4. The molecule has 1 aromatic heterocycles. The number of nitro groups is 1. The number of aromatic nitrogens is 1. The molecule has 0 saturated heterocycles. The average Bonchev–Trinajstić information content (AvgIpc) is 3.01. The van der Waals surface area contributed by atoms with Crippen LogP contribution >= 0.6 is 34.8 Å². The summed E-state index contributed by atoms with van der Waals surface area (Å²) in [6.45, 7) is 3.75. The summed E-state index contributed by atoms with van der Waals surface area (Å²) in [6, 6.07) is 13.2. The van der Waals surface area contributed by atoms with Crippen molar-refractivity contribution in [2.24, 2.45) is 0 Å². The second-order valence-corrected chi connectivity index (χ2v) is 8.06. The third-order valence-electron chi connectivity index (χ3n) is 4.68. The van der Waals surface area contributed by atoms with E-state index in [4.69, 9.17) is 34.8 Å². The highest BCUT2D eigenvalue weighted by molar-refractivity contribution is 6.40. The van der Waals surface area contributed by atoms with Crippen molar-refractivity contribution >= 4 is 58.2 Å². The van der Waals surface area contributed by atoms with Gasteiger partial charge < -0.3 is 9.88 Å². The van der Waals surface area contributed by atoms with Crippen LogP contribution in [0.4, 0.5) is 11.4 Å². The first-order valence-corrected chi connectivity index (χ1v) is 10.3. The van der Waals surface area contributed by atoms with Gasteiger partial charge in [0.05, 0.1) is 20.7 Å². The Kier molecular flexibility index (Phi) is 6.90. The number of benzene rings is 2. The molecule has 0 aliphatic heterocycles. The van der Waals surface area contributed by atoms with E-state index in [0.29, 0.717) is 10.6 Å². The summed E-state index contributed by atoms with van der Waals surface area (Å²) in [6.07, 6.45) is 1.45. The quantitative estimate of drug-likeness (QED) is 0.191. The van der Waals surface area contributed by atoms with Crippen LogP contribution in [0.1, 0.15) is 17.0 Å². The van der Waals surface area contributed by atoms with Gasteiger partial charge in [0.15, 0.2) is 0 Å². The van der Waals surface area contributed by atoms with Crippen molar-refractivity contribution in [3.8, 4) is 11.8 Å². The van der Waals surface area contributed by atoms with Gasteiger partial charge in [0.2, 0.25) is 0 Å². The van der Waals surface area contributed by atoms with E-state index in [9.17, 15) is 20.2 Å². The lowest BCUT2D eigenvalue weighted by Gasteiger charge is -2.10. The minimum atomic E-state index is -0.752. The fraction of sp³-hybridized carbons (Fsp3) is 0.0909. The van der Waals surface area contributed by atoms with Gasteiger partial charge in [-0.15, -0.1) is 0 Å². The topological polar surface area (TPSA) is 101 Å². The Hall–Kier alpha value is -3.31. The lowest BCUT2D eigenvalue weighted by Crippen LogP contribution is -2.14. The molecule has 0 saturated carbocycles. The van der Waals surface area contributed by atoms with Crippen LogP contribution in [0.15, 0.2) is 48.0 Å². The van der Waals surface area contributed by atoms with Crippen LogP contribution in [-0.2, 0) is 4.79 Å². The third kappa shape index (κ3) is 4.78. The zero-order valence-corrected chi connectivity index (χ0v) is 19.1. The number of hydrogen-bond donors (Lipinski definition) is 1. The van der Waals surface area contributed by atoms with Crippen LogP contribution in [0.3, 0.4) is 0 Å². The van der Waals surface area contributed by atoms with Gasteiger partial charge >= 0.3 is 0 Å². The molecule has 0 fully saturated rings. The summed E-state index contributed by atoms with van der Waals surface area (Å²) >= 11 is 18.2. The summed E-state index contributed by atoms with van der Waals surface area (Å²) in [5.41, 5.74) is 2.67. The number of nitrogens with zero attached hydrogens (tertiary/aromatic N) is 3. The van der Waals surface area contributed by atoms with Crippen molar-refractivity contribution in [3.05, 3.63) is 90.2 Å². The normalized spacial score (nSPS) is 11.2. The van der Waals surface area contributed by atoms with Crippen LogP contribution < -0.4 is 5.32 Å². The molecule has 10 heteroatoms. The molecule has 0 atom stereocenters. The lowest BCUT2D eigenvalue weighted by atomic mass is 10.1. The number of carbonyl (C=O) groups is 1. The number of carbonyl (C=O) groups excluding carboxylic acids is 1. The number of anilines is 1. The average molecular weight is 490 g/mol. The Labute approximate surface area is 198 Å². The van der Waals surface area contributed by atoms with Gasteiger partial charge in [0, 0.05) is 34.2 Å². The highest BCUT2D eigenvalue weighted by atomic mass is 35.5. The Morgan fingerprint density at radius 2 is 1.81 bits per heavy atom. The minimum absolute atomic E-state index is 0.0190. The Morgan fingerprint density at radius 3 is 2.38 bits per heavy atom. The van der Waals surface area contributed by atoms with E-state index >= 15 is 0 Å². The van der Waals surface area contributed by atoms with E-state index in [0.717, 1.165) is 29.2 Å². The minimum Gasteiger partial charge on any atom is -0.319 e. The first-order chi connectivity index (χ1) is 15.1. The summed E-state index contributed by atoms with van der Waals surface area (Å²) in [5, 5.41) is 23.3.